The Morgan fingerprint density at radius 3 is 2.49 bits per heavy atom. The van der Waals surface area contributed by atoms with Crippen molar-refractivity contribution in [3.8, 4) is 5.75 Å². The molecule has 2 aromatic rings. The average molecular weight is 539 g/mol. The highest BCUT2D eigenvalue weighted by Crippen LogP contribution is 2.37. The molecule has 1 unspecified atom stereocenters. The van der Waals surface area contributed by atoms with Gasteiger partial charge >= 0.3 is 0 Å². The fraction of sp³-hybridized carbons (Fsp3) is 0.500. The van der Waals surface area contributed by atoms with E-state index in [0.717, 1.165) is 18.7 Å². The zero-order valence-corrected chi connectivity index (χ0v) is 23.4. The Hall–Kier alpha value is -3.30. The van der Waals surface area contributed by atoms with Crippen LogP contribution in [0.15, 0.2) is 53.6 Å². The Morgan fingerprint density at radius 1 is 1.10 bits per heavy atom. The highest BCUT2D eigenvalue weighted by atomic mass is 19.1. The van der Waals surface area contributed by atoms with E-state index >= 15 is 0 Å². The number of nitrogens with zero attached hydrogens (tertiary/aromatic N) is 4. The summed E-state index contributed by atoms with van der Waals surface area (Å²) in [6, 6.07) is 13.4. The predicted molar refractivity (Wildman–Crippen MR) is 148 cm³/mol. The number of carbonyl (C=O) groups is 2. The summed E-state index contributed by atoms with van der Waals surface area (Å²) in [6.07, 6.45) is 0.653. The van der Waals surface area contributed by atoms with Gasteiger partial charge in [0.15, 0.2) is 0 Å². The number of rotatable bonds is 9. The second-order valence-corrected chi connectivity index (χ2v) is 11.2. The largest absolute Gasteiger partial charge is 0.496 e. The van der Waals surface area contributed by atoms with E-state index in [0.29, 0.717) is 56.2 Å². The minimum Gasteiger partial charge on any atom is -0.496 e. The van der Waals surface area contributed by atoms with Crippen molar-refractivity contribution in [1.82, 2.24) is 14.8 Å². The maximum atomic E-state index is 14.7. The third-order valence-corrected chi connectivity index (χ3v) is 7.00. The van der Waals surface area contributed by atoms with E-state index < -0.39 is 11.9 Å². The number of morpholine rings is 1. The molecule has 2 aliphatic heterocycles. The Morgan fingerprint density at radius 2 is 1.79 bits per heavy atom. The lowest BCUT2D eigenvalue weighted by atomic mass is 9.91. The van der Waals surface area contributed by atoms with Gasteiger partial charge in [-0.3, -0.25) is 14.5 Å². The smallest absolute Gasteiger partial charge is 0.262 e. The first-order valence-electron chi connectivity index (χ1n) is 13.5. The third kappa shape index (κ3) is 7.42. The first-order chi connectivity index (χ1) is 18.7. The predicted octanol–water partition coefficient (Wildman–Crippen LogP) is 4.11. The molecule has 4 rings (SSSR count). The Bertz CT molecular complexity index is 1190. The first-order valence-corrected chi connectivity index (χ1v) is 13.5. The standard InChI is InChI=1S/C30H39FN4O4/c1-30(2,3)20-28(36)34(14-13-33-15-17-39-18-16-33)21-29(37)35-26(23-10-6-8-12-27(23)38-4)19-25(32-35)22-9-5-7-11-24(22)31/h5-12,26H,13-21H2,1-4H3. The normalized spacial score (nSPS) is 18.1. The van der Waals surface area contributed by atoms with Gasteiger partial charge in [0.25, 0.3) is 5.91 Å². The van der Waals surface area contributed by atoms with Crippen LogP contribution in [0.25, 0.3) is 0 Å². The van der Waals surface area contributed by atoms with Crippen molar-refractivity contribution in [3.63, 3.8) is 0 Å². The van der Waals surface area contributed by atoms with Crippen LogP contribution in [0.2, 0.25) is 0 Å². The first kappa shape index (κ1) is 28.7. The molecule has 1 saturated heterocycles. The number of ether oxygens (including phenoxy) is 2. The van der Waals surface area contributed by atoms with E-state index in [2.05, 4.69) is 10.0 Å². The number of benzene rings is 2. The van der Waals surface area contributed by atoms with Crippen molar-refractivity contribution >= 4 is 17.5 Å². The van der Waals surface area contributed by atoms with E-state index in [4.69, 9.17) is 9.47 Å². The Labute approximate surface area is 230 Å². The highest BCUT2D eigenvalue weighted by molar-refractivity contribution is 6.03. The average Bonchev–Trinajstić information content (AvgIpc) is 3.36. The van der Waals surface area contributed by atoms with Crippen molar-refractivity contribution in [3.05, 3.63) is 65.5 Å². The van der Waals surface area contributed by atoms with E-state index in [1.807, 2.05) is 45.0 Å². The van der Waals surface area contributed by atoms with E-state index in [1.54, 1.807) is 30.2 Å². The summed E-state index contributed by atoms with van der Waals surface area (Å²) in [5.74, 6) is -0.160. The highest BCUT2D eigenvalue weighted by Gasteiger charge is 2.36. The molecule has 0 N–H and O–H groups in total. The van der Waals surface area contributed by atoms with Gasteiger partial charge in [0.1, 0.15) is 18.1 Å². The number of hydrogen-bond donors (Lipinski definition) is 0. The van der Waals surface area contributed by atoms with E-state index in [1.165, 1.54) is 11.1 Å². The molecule has 0 bridgehead atoms. The van der Waals surface area contributed by atoms with Gasteiger partial charge in [0, 0.05) is 50.1 Å². The molecule has 2 aromatic carbocycles. The van der Waals surface area contributed by atoms with Gasteiger partial charge < -0.3 is 14.4 Å². The summed E-state index contributed by atoms with van der Waals surface area (Å²) in [5, 5.41) is 6.04. The van der Waals surface area contributed by atoms with Gasteiger partial charge in [-0.15, -0.1) is 0 Å². The zero-order valence-electron chi connectivity index (χ0n) is 23.4. The van der Waals surface area contributed by atoms with Crippen LogP contribution in [-0.4, -0.2) is 85.4 Å². The number of amides is 2. The molecule has 0 saturated carbocycles. The van der Waals surface area contributed by atoms with Crippen LogP contribution in [0.4, 0.5) is 4.39 Å². The number of hydrazone groups is 1. The molecule has 9 heteroatoms. The number of halogens is 1. The van der Waals surface area contributed by atoms with Crippen LogP contribution >= 0.6 is 0 Å². The van der Waals surface area contributed by atoms with Crippen molar-refractivity contribution < 1.29 is 23.5 Å². The lowest BCUT2D eigenvalue weighted by Crippen LogP contribution is -2.47. The molecule has 0 radical (unpaired) electrons. The molecule has 0 aromatic heterocycles. The number of para-hydroxylation sites is 1. The number of hydrogen-bond acceptors (Lipinski definition) is 6. The minimum atomic E-state index is -0.484. The van der Waals surface area contributed by atoms with Crippen LogP contribution in [0, 0.1) is 11.2 Å². The second kappa shape index (κ2) is 12.7. The fourth-order valence-electron chi connectivity index (χ4n) is 4.96. The molecule has 0 spiro atoms. The minimum absolute atomic E-state index is 0.0737. The summed E-state index contributed by atoms with van der Waals surface area (Å²) in [7, 11) is 1.58. The zero-order chi connectivity index (χ0) is 28.0. The molecule has 2 heterocycles. The van der Waals surface area contributed by atoms with Crippen molar-refractivity contribution in [2.45, 2.75) is 39.7 Å². The molecule has 1 atom stereocenters. The molecule has 1 fully saturated rings. The molecular formula is C30H39FN4O4. The third-order valence-electron chi connectivity index (χ3n) is 7.00. The van der Waals surface area contributed by atoms with Crippen LogP contribution < -0.4 is 4.74 Å². The topological polar surface area (TPSA) is 74.7 Å². The molecule has 8 nitrogen and oxygen atoms in total. The van der Waals surface area contributed by atoms with E-state index in [9.17, 15) is 14.0 Å². The molecule has 210 valence electrons. The molecule has 2 aliphatic rings. The maximum Gasteiger partial charge on any atom is 0.262 e. The van der Waals surface area contributed by atoms with Gasteiger partial charge in [0.2, 0.25) is 5.91 Å². The molecule has 0 aliphatic carbocycles. The Kier molecular flexibility index (Phi) is 9.35. The maximum absolute atomic E-state index is 14.7. The van der Waals surface area contributed by atoms with Gasteiger partial charge in [-0.1, -0.05) is 57.2 Å². The second-order valence-electron chi connectivity index (χ2n) is 11.2. The summed E-state index contributed by atoms with van der Waals surface area (Å²) in [5.41, 5.74) is 1.41. The fourth-order valence-corrected chi connectivity index (χ4v) is 4.96. The summed E-state index contributed by atoms with van der Waals surface area (Å²) >= 11 is 0. The summed E-state index contributed by atoms with van der Waals surface area (Å²) in [4.78, 5) is 31.1. The molecule has 2 amide bonds. The monoisotopic (exact) mass is 538 g/mol. The summed E-state index contributed by atoms with van der Waals surface area (Å²) in [6.45, 7) is 9.93. The van der Waals surface area contributed by atoms with Crippen molar-refractivity contribution in [2.75, 3.05) is 53.0 Å². The Balaban J connectivity index is 1.61. The van der Waals surface area contributed by atoms with Gasteiger partial charge in [0.05, 0.1) is 32.1 Å². The van der Waals surface area contributed by atoms with Crippen LogP contribution in [0.1, 0.15) is 50.8 Å². The van der Waals surface area contributed by atoms with Crippen LogP contribution in [0.5, 0.6) is 5.75 Å². The van der Waals surface area contributed by atoms with Crippen LogP contribution in [-0.2, 0) is 14.3 Å². The lowest BCUT2D eigenvalue weighted by Gasteiger charge is -2.32. The van der Waals surface area contributed by atoms with E-state index in [-0.39, 0.29) is 23.8 Å². The van der Waals surface area contributed by atoms with Gasteiger partial charge in [-0.05, 0) is 17.5 Å². The van der Waals surface area contributed by atoms with Crippen LogP contribution in [0.3, 0.4) is 0 Å². The quantitative estimate of drug-likeness (QED) is 0.481. The number of carbonyl (C=O) groups excluding carboxylic acids is 2. The van der Waals surface area contributed by atoms with Crippen molar-refractivity contribution in [2.24, 2.45) is 10.5 Å². The lowest BCUT2D eigenvalue weighted by molar-refractivity contribution is -0.142. The summed E-state index contributed by atoms with van der Waals surface area (Å²) < 4.78 is 25.8. The van der Waals surface area contributed by atoms with Crippen molar-refractivity contribution in [1.29, 1.82) is 0 Å². The molecular weight excluding hydrogens is 499 g/mol. The van der Waals surface area contributed by atoms with Gasteiger partial charge in [-0.2, -0.15) is 5.10 Å². The molecule has 39 heavy (non-hydrogen) atoms. The SMILES string of the molecule is COc1ccccc1C1CC(c2ccccc2F)=NN1C(=O)CN(CCN1CCOCC1)C(=O)CC(C)(C)C. The number of methoxy groups -OCH3 is 1. The van der Waals surface area contributed by atoms with Gasteiger partial charge in [-0.25, -0.2) is 9.40 Å².